The molecule has 1 aromatic rings. The summed E-state index contributed by atoms with van der Waals surface area (Å²) in [5, 5.41) is 7.75. The van der Waals surface area contributed by atoms with Crippen LogP contribution in [-0.2, 0) is 10.9 Å². The highest BCUT2D eigenvalue weighted by Gasteiger charge is 2.38. The number of alkyl halides is 3. The summed E-state index contributed by atoms with van der Waals surface area (Å²) in [4.78, 5) is 14.0. The third kappa shape index (κ3) is 2.42. The van der Waals surface area contributed by atoms with E-state index in [1.807, 2.05) is 0 Å². The maximum Gasteiger partial charge on any atom is 0.443 e. The molecule has 1 aliphatic heterocycles. The highest BCUT2D eigenvalue weighted by molar-refractivity contribution is 7.13. The Morgan fingerprint density at radius 3 is 2.71 bits per heavy atom. The first kappa shape index (κ1) is 12.3. The molecule has 1 atom stereocenters. The van der Waals surface area contributed by atoms with Gasteiger partial charge in [-0.1, -0.05) is 0 Å². The number of halogens is 3. The van der Waals surface area contributed by atoms with Gasteiger partial charge in [0, 0.05) is 12.5 Å². The van der Waals surface area contributed by atoms with E-state index in [4.69, 9.17) is 9.84 Å². The van der Waals surface area contributed by atoms with E-state index < -0.39 is 17.2 Å². The van der Waals surface area contributed by atoms with Crippen LogP contribution in [0.2, 0.25) is 0 Å². The van der Waals surface area contributed by atoms with Crippen molar-refractivity contribution in [2.75, 3.05) is 13.2 Å². The van der Waals surface area contributed by atoms with Crippen LogP contribution in [0, 0.1) is 0 Å². The van der Waals surface area contributed by atoms with Crippen molar-refractivity contribution in [3.8, 4) is 0 Å². The zero-order valence-corrected chi connectivity index (χ0v) is 9.27. The Hall–Kier alpha value is -1.15. The van der Waals surface area contributed by atoms with Crippen LogP contribution in [0.15, 0.2) is 0 Å². The van der Waals surface area contributed by atoms with Gasteiger partial charge in [0.1, 0.15) is 4.88 Å². The van der Waals surface area contributed by atoms with Gasteiger partial charge < -0.3 is 9.84 Å². The van der Waals surface area contributed by atoms with Crippen LogP contribution in [0.3, 0.4) is 0 Å². The van der Waals surface area contributed by atoms with Crippen LogP contribution in [0.25, 0.3) is 0 Å². The van der Waals surface area contributed by atoms with Gasteiger partial charge in [0.05, 0.1) is 12.3 Å². The monoisotopic (exact) mass is 267 g/mol. The van der Waals surface area contributed by atoms with Crippen molar-refractivity contribution < 1.29 is 27.8 Å². The minimum atomic E-state index is -4.60. The molecule has 0 bridgehead atoms. The molecule has 0 spiro atoms. The summed E-state index contributed by atoms with van der Waals surface area (Å²) in [5.74, 6) is -1.73. The zero-order valence-electron chi connectivity index (χ0n) is 8.45. The van der Waals surface area contributed by atoms with Crippen LogP contribution in [0.4, 0.5) is 13.2 Å². The normalized spacial score (nSPS) is 20.8. The quantitative estimate of drug-likeness (QED) is 0.893. The fraction of sp³-hybridized carbons (Fsp3) is 0.556. The fourth-order valence-electron chi connectivity index (χ4n) is 1.63. The molecule has 1 fully saturated rings. The van der Waals surface area contributed by atoms with Crippen molar-refractivity contribution in [1.29, 1.82) is 0 Å². The molecule has 17 heavy (non-hydrogen) atoms. The lowest BCUT2D eigenvalue weighted by Crippen LogP contribution is -2.07. The highest BCUT2D eigenvalue weighted by Crippen LogP contribution is 2.38. The summed E-state index contributed by atoms with van der Waals surface area (Å²) in [6, 6.07) is 0. The number of aromatic carboxylic acids is 1. The number of carbonyl (C=O) groups is 1. The van der Waals surface area contributed by atoms with Crippen LogP contribution in [0.5, 0.6) is 0 Å². The molecule has 4 nitrogen and oxygen atoms in total. The number of ether oxygens (including phenoxy) is 1. The molecule has 2 rings (SSSR count). The summed E-state index contributed by atoms with van der Waals surface area (Å²) >= 11 is 0.170. The average molecular weight is 267 g/mol. The van der Waals surface area contributed by atoms with Crippen molar-refractivity contribution in [2.24, 2.45) is 0 Å². The molecule has 0 aromatic carbocycles. The highest BCUT2D eigenvalue weighted by atomic mass is 32.1. The summed E-state index contributed by atoms with van der Waals surface area (Å²) < 4.78 is 42.4. The van der Waals surface area contributed by atoms with Crippen LogP contribution in [0.1, 0.15) is 32.7 Å². The van der Waals surface area contributed by atoms with E-state index in [0.29, 0.717) is 13.0 Å². The van der Waals surface area contributed by atoms with Gasteiger partial charge in [-0.25, -0.2) is 9.78 Å². The first-order valence-electron chi connectivity index (χ1n) is 4.78. The molecule has 2 heterocycles. The second-order valence-corrected chi connectivity index (χ2v) is 4.60. The minimum absolute atomic E-state index is 0.00711. The Balaban J connectivity index is 2.42. The SMILES string of the molecule is O=C(O)c1sc(C(F)(F)F)nc1C1CCOC1. The fourth-order valence-corrected chi connectivity index (χ4v) is 2.49. The Labute approximate surface area is 98.0 Å². The van der Waals surface area contributed by atoms with Gasteiger partial charge in [0.2, 0.25) is 0 Å². The Kier molecular flexibility index (Phi) is 3.09. The molecule has 1 unspecified atom stereocenters. The van der Waals surface area contributed by atoms with Gasteiger partial charge in [-0.15, -0.1) is 11.3 Å². The summed E-state index contributed by atoms with van der Waals surface area (Å²) in [6.07, 6.45) is -4.10. The minimum Gasteiger partial charge on any atom is -0.477 e. The molecule has 1 aromatic heterocycles. The second-order valence-electron chi connectivity index (χ2n) is 3.60. The Morgan fingerprint density at radius 2 is 2.24 bits per heavy atom. The van der Waals surface area contributed by atoms with E-state index in [2.05, 4.69) is 4.98 Å². The maximum atomic E-state index is 12.5. The number of rotatable bonds is 2. The molecule has 0 aliphatic carbocycles. The molecule has 1 saturated heterocycles. The van der Waals surface area contributed by atoms with Gasteiger partial charge in [-0.2, -0.15) is 13.2 Å². The predicted molar refractivity (Wildman–Crippen MR) is 52.3 cm³/mol. The third-order valence-electron chi connectivity index (χ3n) is 2.41. The number of aromatic nitrogens is 1. The van der Waals surface area contributed by atoms with Gasteiger partial charge >= 0.3 is 12.1 Å². The molecular weight excluding hydrogens is 259 g/mol. The molecule has 0 amide bonds. The van der Waals surface area contributed by atoms with Crippen molar-refractivity contribution in [3.05, 3.63) is 15.6 Å². The zero-order chi connectivity index (χ0) is 12.6. The number of carboxylic acids is 1. The topological polar surface area (TPSA) is 59.4 Å². The van der Waals surface area contributed by atoms with Crippen molar-refractivity contribution in [3.63, 3.8) is 0 Å². The lowest BCUT2D eigenvalue weighted by molar-refractivity contribution is -0.137. The Morgan fingerprint density at radius 1 is 1.53 bits per heavy atom. The molecule has 0 saturated carbocycles. The Bertz CT molecular complexity index is 437. The van der Waals surface area contributed by atoms with Gasteiger partial charge in [0.25, 0.3) is 0 Å². The smallest absolute Gasteiger partial charge is 0.443 e. The lowest BCUT2D eigenvalue weighted by atomic mass is 10.0. The van der Waals surface area contributed by atoms with Crippen LogP contribution >= 0.6 is 11.3 Å². The van der Waals surface area contributed by atoms with Gasteiger partial charge in [0.15, 0.2) is 5.01 Å². The average Bonchev–Trinajstić information content (AvgIpc) is 2.85. The van der Waals surface area contributed by atoms with Crippen molar-refractivity contribution in [2.45, 2.75) is 18.5 Å². The number of nitrogens with zero attached hydrogens (tertiary/aromatic N) is 1. The number of hydrogen-bond donors (Lipinski definition) is 1. The van der Waals surface area contributed by atoms with Crippen molar-refractivity contribution in [1.82, 2.24) is 4.98 Å². The molecule has 8 heteroatoms. The standard InChI is InChI=1S/C9H8F3NO3S/c10-9(11,12)8-13-5(4-1-2-16-3-4)6(17-8)7(14)15/h4H,1-3H2,(H,14,15). The van der Waals surface area contributed by atoms with E-state index in [1.165, 1.54) is 0 Å². The molecule has 1 N–H and O–H groups in total. The molecule has 94 valence electrons. The maximum absolute atomic E-state index is 12.5. The van der Waals surface area contributed by atoms with E-state index in [-0.39, 0.29) is 34.4 Å². The first-order chi connectivity index (χ1) is 7.89. The van der Waals surface area contributed by atoms with Gasteiger partial charge in [-0.05, 0) is 6.42 Å². The molecule has 0 radical (unpaired) electrons. The summed E-state index contributed by atoms with van der Waals surface area (Å²) in [5.41, 5.74) is -0.00711. The second kappa shape index (κ2) is 4.26. The van der Waals surface area contributed by atoms with Crippen LogP contribution < -0.4 is 0 Å². The predicted octanol–water partition coefficient (Wildman–Crippen LogP) is 2.36. The van der Waals surface area contributed by atoms with Gasteiger partial charge in [-0.3, -0.25) is 0 Å². The largest absolute Gasteiger partial charge is 0.477 e. The number of thiazole rings is 1. The summed E-state index contributed by atoms with van der Waals surface area (Å²) in [6.45, 7) is 0.643. The van der Waals surface area contributed by atoms with E-state index in [0.717, 1.165) is 0 Å². The molecular formula is C9H8F3NO3S. The number of hydrogen-bond acceptors (Lipinski definition) is 4. The van der Waals surface area contributed by atoms with Crippen molar-refractivity contribution >= 4 is 17.3 Å². The van der Waals surface area contributed by atoms with E-state index in [9.17, 15) is 18.0 Å². The first-order valence-corrected chi connectivity index (χ1v) is 5.60. The lowest BCUT2D eigenvalue weighted by Gasteiger charge is -2.04. The van der Waals surface area contributed by atoms with E-state index in [1.54, 1.807) is 0 Å². The third-order valence-corrected chi connectivity index (χ3v) is 3.51. The number of carboxylic acid groups (broad SMARTS) is 1. The van der Waals surface area contributed by atoms with E-state index >= 15 is 0 Å². The summed E-state index contributed by atoms with van der Waals surface area (Å²) in [7, 11) is 0. The molecule has 1 aliphatic rings. The van der Waals surface area contributed by atoms with Crippen LogP contribution in [-0.4, -0.2) is 29.3 Å².